The molecule has 0 aliphatic carbocycles. The molecule has 1 aliphatic rings. The molecule has 2 rings (SSSR count). The summed E-state index contributed by atoms with van der Waals surface area (Å²) in [7, 11) is 1.65. The molecule has 1 aliphatic heterocycles. The molecule has 0 unspecified atom stereocenters. The van der Waals surface area contributed by atoms with Crippen LogP contribution in [0.15, 0.2) is 23.1 Å². The van der Waals surface area contributed by atoms with E-state index >= 15 is 0 Å². The summed E-state index contributed by atoms with van der Waals surface area (Å²) in [5.41, 5.74) is 2.03. The molecule has 19 heavy (non-hydrogen) atoms. The number of aryl methyl sites for hydroxylation is 1. The molecule has 1 saturated heterocycles. The predicted molar refractivity (Wildman–Crippen MR) is 83.3 cm³/mol. The smallest absolute Gasteiger partial charge is 0.266 e. The number of likely N-dealkylation sites (N-methyl/N-ethyl adjacent to an activating group) is 1. The van der Waals surface area contributed by atoms with E-state index in [1.807, 2.05) is 38.1 Å². The fourth-order valence-corrected chi connectivity index (χ4v) is 3.30. The lowest BCUT2D eigenvalue weighted by Gasteiger charge is -2.09. The van der Waals surface area contributed by atoms with Crippen molar-refractivity contribution in [3.63, 3.8) is 0 Å². The highest BCUT2D eigenvalue weighted by atomic mass is 32.2. The highest BCUT2D eigenvalue weighted by molar-refractivity contribution is 8.26. The first kappa shape index (κ1) is 14.1. The van der Waals surface area contributed by atoms with Crippen molar-refractivity contribution in [2.75, 3.05) is 13.7 Å². The van der Waals surface area contributed by atoms with E-state index in [4.69, 9.17) is 17.0 Å². The van der Waals surface area contributed by atoms with Crippen molar-refractivity contribution in [3.8, 4) is 5.75 Å². The van der Waals surface area contributed by atoms with Gasteiger partial charge in [-0.05, 0) is 43.2 Å². The third kappa shape index (κ3) is 2.82. The summed E-state index contributed by atoms with van der Waals surface area (Å²) in [6.45, 7) is 4.52. The number of thioether (sulfide) groups is 1. The molecule has 1 heterocycles. The lowest BCUT2D eigenvalue weighted by atomic mass is 10.1. The number of amides is 1. The second kappa shape index (κ2) is 5.75. The Hall–Kier alpha value is -1.33. The number of rotatable bonds is 3. The van der Waals surface area contributed by atoms with Crippen molar-refractivity contribution in [1.29, 1.82) is 0 Å². The van der Waals surface area contributed by atoms with Crippen molar-refractivity contribution in [1.82, 2.24) is 4.90 Å². The third-order valence-electron chi connectivity index (χ3n) is 2.91. The van der Waals surface area contributed by atoms with E-state index in [-0.39, 0.29) is 5.91 Å². The number of thiocarbonyl (C=S) groups is 1. The second-order valence-electron chi connectivity index (χ2n) is 4.16. The first-order valence-corrected chi connectivity index (χ1v) is 7.19. The largest absolute Gasteiger partial charge is 0.496 e. The van der Waals surface area contributed by atoms with E-state index in [0.29, 0.717) is 15.8 Å². The Bertz CT molecular complexity index is 567. The summed E-state index contributed by atoms with van der Waals surface area (Å²) in [6.07, 6.45) is 1.88. The second-order valence-corrected chi connectivity index (χ2v) is 5.83. The van der Waals surface area contributed by atoms with Gasteiger partial charge in [0.1, 0.15) is 10.1 Å². The third-order valence-corrected chi connectivity index (χ3v) is 4.28. The maximum atomic E-state index is 12.1. The monoisotopic (exact) mass is 293 g/mol. The Morgan fingerprint density at radius 1 is 1.47 bits per heavy atom. The standard InChI is InChI=1S/C14H15NO2S2/c1-4-15-13(16)12(19-14(15)18)8-10-5-6-11(17-3)9(2)7-10/h5-8H,4H2,1-3H3/b12-8-. The quantitative estimate of drug-likeness (QED) is 0.632. The summed E-state index contributed by atoms with van der Waals surface area (Å²) >= 11 is 6.54. The molecule has 1 aromatic carbocycles. The first-order valence-electron chi connectivity index (χ1n) is 5.96. The van der Waals surface area contributed by atoms with Gasteiger partial charge in [-0.1, -0.05) is 30.0 Å². The predicted octanol–water partition coefficient (Wildman–Crippen LogP) is 3.22. The zero-order chi connectivity index (χ0) is 14.0. The van der Waals surface area contributed by atoms with Gasteiger partial charge in [0.2, 0.25) is 0 Å². The Labute approximate surface area is 122 Å². The van der Waals surface area contributed by atoms with Crippen molar-refractivity contribution in [3.05, 3.63) is 34.2 Å². The molecule has 0 saturated carbocycles. The minimum absolute atomic E-state index is 0.00836. The molecular formula is C14H15NO2S2. The van der Waals surface area contributed by atoms with E-state index in [2.05, 4.69) is 0 Å². The van der Waals surface area contributed by atoms with Crippen LogP contribution in [0, 0.1) is 6.92 Å². The van der Waals surface area contributed by atoms with E-state index in [1.165, 1.54) is 11.8 Å². The van der Waals surface area contributed by atoms with Gasteiger partial charge in [0.15, 0.2) is 0 Å². The van der Waals surface area contributed by atoms with Crippen molar-refractivity contribution < 1.29 is 9.53 Å². The number of methoxy groups -OCH3 is 1. The first-order chi connectivity index (χ1) is 9.06. The van der Waals surface area contributed by atoms with Crippen LogP contribution in [-0.4, -0.2) is 28.8 Å². The minimum atomic E-state index is -0.00836. The van der Waals surface area contributed by atoms with Crippen LogP contribution in [0.3, 0.4) is 0 Å². The molecule has 3 nitrogen and oxygen atoms in total. The van der Waals surface area contributed by atoms with E-state index in [0.717, 1.165) is 16.9 Å². The average Bonchev–Trinajstić information content (AvgIpc) is 2.64. The van der Waals surface area contributed by atoms with Crippen molar-refractivity contribution in [2.24, 2.45) is 0 Å². The minimum Gasteiger partial charge on any atom is -0.496 e. The number of nitrogens with zero attached hydrogens (tertiary/aromatic N) is 1. The maximum absolute atomic E-state index is 12.1. The van der Waals surface area contributed by atoms with Crippen LogP contribution in [-0.2, 0) is 4.79 Å². The number of carbonyl (C=O) groups excluding carboxylic acids is 1. The van der Waals surface area contributed by atoms with Gasteiger partial charge in [-0.15, -0.1) is 0 Å². The van der Waals surface area contributed by atoms with E-state index in [9.17, 15) is 4.79 Å². The van der Waals surface area contributed by atoms with E-state index < -0.39 is 0 Å². The van der Waals surface area contributed by atoms with Gasteiger partial charge in [0.25, 0.3) is 5.91 Å². The van der Waals surface area contributed by atoms with Crippen LogP contribution in [0.4, 0.5) is 0 Å². The van der Waals surface area contributed by atoms with Gasteiger partial charge in [-0.3, -0.25) is 9.69 Å². The molecule has 0 bridgehead atoms. The van der Waals surface area contributed by atoms with Crippen LogP contribution in [0.1, 0.15) is 18.1 Å². The number of carbonyl (C=O) groups is 1. The average molecular weight is 293 g/mol. The highest BCUT2D eigenvalue weighted by Crippen LogP contribution is 2.32. The Morgan fingerprint density at radius 3 is 2.74 bits per heavy atom. The number of hydrogen-bond acceptors (Lipinski definition) is 4. The van der Waals surface area contributed by atoms with Crippen molar-refractivity contribution >= 4 is 40.3 Å². The summed E-state index contributed by atoms with van der Waals surface area (Å²) in [6, 6.07) is 5.84. The molecule has 1 fully saturated rings. The Morgan fingerprint density at radius 2 is 2.21 bits per heavy atom. The van der Waals surface area contributed by atoms with Crippen LogP contribution in [0.5, 0.6) is 5.75 Å². The molecule has 1 amide bonds. The van der Waals surface area contributed by atoms with Crippen LogP contribution >= 0.6 is 24.0 Å². The number of ether oxygens (including phenoxy) is 1. The Kier molecular flexibility index (Phi) is 4.27. The fourth-order valence-electron chi connectivity index (χ4n) is 1.92. The van der Waals surface area contributed by atoms with Gasteiger partial charge in [-0.2, -0.15) is 0 Å². The van der Waals surface area contributed by atoms with Gasteiger partial charge in [0, 0.05) is 6.54 Å². The zero-order valence-corrected chi connectivity index (χ0v) is 12.7. The van der Waals surface area contributed by atoms with Crippen LogP contribution in [0.25, 0.3) is 6.08 Å². The zero-order valence-electron chi connectivity index (χ0n) is 11.1. The Balaban J connectivity index is 2.30. The molecule has 1 aromatic rings. The molecule has 5 heteroatoms. The summed E-state index contributed by atoms with van der Waals surface area (Å²) in [5, 5.41) is 0. The maximum Gasteiger partial charge on any atom is 0.266 e. The van der Waals surface area contributed by atoms with Crippen molar-refractivity contribution in [2.45, 2.75) is 13.8 Å². The number of benzene rings is 1. The summed E-state index contributed by atoms with van der Waals surface area (Å²) < 4.78 is 5.85. The van der Waals surface area contributed by atoms with E-state index in [1.54, 1.807) is 12.0 Å². The van der Waals surface area contributed by atoms with Gasteiger partial charge >= 0.3 is 0 Å². The molecular weight excluding hydrogens is 278 g/mol. The van der Waals surface area contributed by atoms with Gasteiger partial charge < -0.3 is 4.74 Å². The van der Waals surface area contributed by atoms with Gasteiger partial charge in [-0.25, -0.2) is 0 Å². The normalized spacial score (nSPS) is 17.4. The topological polar surface area (TPSA) is 29.5 Å². The molecule has 0 atom stereocenters. The fraction of sp³-hybridized carbons (Fsp3) is 0.286. The molecule has 0 N–H and O–H groups in total. The number of hydrogen-bond donors (Lipinski definition) is 0. The highest BCUT2D eigenvalue weighted by Gasteiger charge is 2.30. The molecule has 0 spiro atoms. The molecule has 0 radical (unpaired) electrons. The lowest BCUT2D eigenvalue weighted by Crippen LogP contribution is -2.27. The summed E-state index contributed by atoms with van der Waals surface area (Å²) in [4.78, 5) is 14.4. The van der Waals surface area contributed by atoms with Crippen LogP contribution in [0.2, 0.25) is 0 Å². The molecule has 0 aromatic heterocycles. The lowest BCUT2D eigenvalue weighted by molar-refractivity contribution is -0.121. The SMILES string of the molecule is CCN1C(=O)/C(=C/c2ccc(OC)c(C)c2)SC1=S. The molecule has 100 valence electrons. The van der Waals surface area contributed by atoms with Gasteiger partial charge in [0.05, 0.1) is 12.0 Å². The van der Waals surface area contributed by atoms with Crippen LogP contribution < -0.4 is 4.74 Å². The summed E-state index contributed by atoms with van der Waals surface area (Å²) in [5.74, 6) is 0.837.